The SMILES string of the molecule is N#Cc1ccc(C(=O)N2CC(Oc3nccs3)C2)cc1. The Morgan fingerprint density at radius 1 is 1.40 bits per heavy atom. The van der Waals surface area contributed by atoms with Gasteiger partial charge in [-0.15, -0.1) is 0 Å². The Labute approximate surface area is 120 Å². The Kier molecular flexibility index (Phi) is 3.35. The van der Waals surface area contributed by atoms with Gasteiger partial charge in [-0.25, -0.2) is 4.98 Å². The summed E-state index contributed by atoms with van der Waals surface area (Å²) in [5, 5.41) is 11.2. The van der Waals surface area contributed by atoms with Gasteiger partial charge in [0.25, 0.3) is 11.1 Å². The van der Waals surface area contributed by atoms with Crippen molar-refractivity contribution in [3.05, 3.63) is 47.0 Å². The quantitative estimate of drug-likeness (QED) is 0.864. The van der Waals surface area contributed by atoms with E-state index >= 15 is 0 Å². The first-order valence-electron chi connectivity index (χ1n) is 6.12. The van der Waals surface area contributed by atoms with Crippen molar-refractivity contribution >= 4 is 17.2 Å². The maximum absolute atomic E-state index is 12.1. The van der Waals surface area contributed by atoms with Gasteiger partial charge in [-0.3, -0.25) is 4.79 Å². The van der Waals surface area contributed by atoms with Crippen LogP contribution in [0.4, 0.5) is 0 Å². The lowest BCUT2D eigenvalue weighted by Gasteiger charge is -2.38. The molecule has 5 nitrogen and oxygen atoms in total. The molecule has 0 aliphatic carbocycles. The van der Waals surface area contributed by atoms with Crippen LogP contribution < -0.4 is 4.74 Å². The summed E-state index contributed by atoms with van der Waals surface area (Å²) in [6.45, 7) is 1.14. The number of rotatable bonds is 3. The molecule has 0 radical (unpaired) electrons. The van der Waals surface area contributed by atoms with Crippen LogP contribution in [0.25, 0.3) is 0 Å². The average molecular weight is 285 g/mol. The Morgan fingerprint density at radius 2 is 2.15 bits per heavy atom. The Bertz CT molecular complexity index is 640. The molecule has 1 saturated heterocycles. The number of ether oxygens (including phenoxy) is 1. The number of hydrogen-bond acceptors (Lipinski definition) is 5. The van der Waals surface area contributed by atoms with E-state index in [0.717, 1.165) is 0 Å². The zero-order valence-electron chi connectivity index (χ0n) is 10.5. The number of benzene rings is 1. The number of carbonyl (C=O) groups excluding carboxylic acids is 1. The third-order valence-corrected chi connectivity index (χ3v) is 3.73. The molecule has 20 heavy (non-hydrogen) atoms. The van der Waals surface area contributed by atoms with Gasteiger partial charge < -0.3 is 9.64 Å². The minimum Gasteiger partial charge on any atom is -0.463 e. The smallest absolute Gasteiger partial charge is 0.273 e. The largest absolute Gasteiger partial charge is 0.463 e. The molecule has 0 atom stereocenters. The van der Waals surface area contributed by atoms with Gasteiger partial charge in [-0.2, -0.15) is 5.26 Å². The summed E-state index contributed by atoms with van der Waals surface area (Å²) in [7, 11) is 0. The van der Waals surface area contributed by atoms with Gasteiger partial charge in [0.05, 0.1) is 24.7 Å². The van der Waals surface area contributed by atoms with Crippen molar-refractivity contribution in [1.82, 2.24) is 9.88 Å². The molecule has 2 heterocycles. The van der Waals surface area contributed by atoms with Crippen molar-refractivity contribution < 1.29 is 9.53 Å². The number of thiazole rings is 1. The molecule has 1 amide bonds. The normalized spacial score (nSPS) is 14.4. The molecule has 1 aliphatic rings. The standard InChI is InChI=1S/C14H11N3O2S/c15-7-10-1-3-11(4-2-10)13(18)17-8-12(9-17)19-14-16-5-6-20-14/h1-6,12H,8-9H2. The molecular weight excluding hydrogens is 274 g/mol. The van der Waals surface area contributed by atoms with Crippen LogP contribution >= 0.6 is 11.3 Å². The van der Waals surface area contributed by atoms with E-state index in [2.05, 4.69) is 4.98 Å². The minimum absolute atomic E-state index is 0.0171. The number of hydrogen-bond donors (Lipinski definition) is 0. The Morgan fingerprint density at radius 3 is 2.75 bits per heavy atom. The van der Waals surface area contributed by atoms with Crippen molar-refractivity contribution in [3.63, 3.8) is 0 Å². The van der Waals surface area contributed by atoms with Crippen LogP contribution in [-0.4, -0.2) is 35.0 Å². The van der Waals surface area contributed by atoms with E-state index in [-0.39, 0.29) is 12.0 Å². The van der Waals surface area contributed by atoms with Gasteiger partial charge in [0.15, 0.2) is 0 Å². The number of amides is 1. The van der Waals surface area contributed by atoms with E-state index in [1.807, 2.05) is 11.4 Å². The van der Waals surface area contributed by atoms with Crippen LogP contribution in [0.15, 0.2) is 35.8 Å². The van der Waals surface area contributed by atoms with E-state index in [0.29, 0.717) is 29.4 Å². The second-order valence-electron chi connectivity index (χ2n) is 4.44. The van der Waals surface area contributed by atoms with Gasteiger partial charge in [0.2, 0.25) is 0 Å². The molecule has 0 unspecified atom stereocenters. The molecule has 0 spiro atoms. The highest BCUT2D eigenvalue weighted by molar-refractivity contribution is 7.11. The highest BCUT2D eigenvalue weighted by Crippen LogP contribution is 2.21. The first-order valence-corrected chi connectivity index (χ1v) is 7.00. The predicted molar refractivity (Wildman–Crippen MR) is 73.6 cm³/mol. The lowest BCUT2D eigenvalue weighted by Crippen LogP contribution is -2.56. The van der Waals surface area contributed by atoms with E-state index < -0.39 is 0 Å². The Hall–Kier alpha value is -2.39. The Balaban J connectivity index is 1.56. The summed E-state index contributed by atoms with van der Waals surface area (Å²) in [4.78, 5) is 17.9. The van der Waals surface area contributed by atoms with Gasteiger partial charge in [0.1, 0.15) is 6.10 Å². The molecule has 1 aromatic heterocycles. The third kappa shape index (κ3) is 2.49. The molecule has 1 aliphatic heterocycles. The fourth-order valence-electron chi connectivity index (χ4n) is 1.96. The molecule has 6 heteroatoms. The lowest BCUT2D eigenvalue weighted by atomic mass is 10.1. The maximum atomic E-state index is 12.1. The predicted octanol–water partition coefficient (Wildman–Crippen LogP) is 1.92. The summed E-state index contributed by atoms with van der Waals surface area (Å²) in [6.07, 6.45) is 1.71. The summed E-state index contributed by atoms with van der Waals surface area (Å²) in [5.74, 6) is -0.0338. The molecule has 1 aromatic carbocycles. The van der Waals surface area contributed by atoms with Crippen LogP contribution in [0.3, 0.4) is 0 Å². The van der Waals surface area contributed by atoms with Crippen LogP contribution in [0, 0.1) is 11.3 Å². The van der Waals surface area contributed by atoms with Gasteiger partial charge in [-0.1, -0.05) is 11.3 Å². The van der Waals surface area contributed by atoms with Gasteiger partial charge in [0, 0.05) is 17.1 Å². The summed E-state index contributed by atoms with van der Waals surface area (Å²) < 4.78 is 5.61. The number of nitrogens with zero attached hydrogens (tertiary/aromatic N) is 3. The zero-order chi connectivity index (χ0) is 13.9. The summed E-state index contributed by atoms with van der Waals surface area (Å²) in [5.41, 5.74) is 1.15. The fraction of sp³-hybridized carbons (Fsp3) is 0.214. The molecule has 0 N–H and O–H groups in total. The topological polar surface area (TPSA) is 66.2 Å². The van der Waals surface area contributed by atoms with E-state index in [4.69, 9.17) is 10.00 Å². The monoisotopic (exact) mass is 285 g/mol. The second kappa shape index (κ2) is 5.31. The molecular formula is C14H11N3O2S. The number of aromatic nitrogens is 1. The molecule has 2 aromatic rings. The van der Waals surface area contributed by atoms with E-state index in [1.54, 1.807) is 35.4 Å². The van der Waals surface area contributed by atoms with Crippen molar-refractivity contribution in [3.8, 4) is 11.3 Å². The van der Waals surface area contributed by atoms with Crippen LogP contribution in [0.1, 0.15) is 15.9 Å². The molecule has 100 valence electrons. The second-order valence-corrected chi connectivity index (χ2v) is 5.29. The van der Waals surface area contributed by atoms with Crippen LogP contribution in [0.5, 0.6) is 5.19 Å². The number of nitriles is 1. The highest BCUT2D eigenvalue weighted by Gasteiger charge is 2.33. The van der Waals surface area contributed by atoms with Crippen LogP contribution in [0.2, 0.25) is 0 Å². The van der Waals surface area contributed by atoms with Gasteiger partial charge >= 0.3 is 0 Å². The highest BCUT2D eigenvalue weighted by atomic mass is 32.1. The molecule has 0 saturated carbocycles. The molecule has 3 rings (SSSR count). The first-order chi connectivity index (χ1) is 9.76. The van der Waals surface area contributed by atoms with Crippen LogP contribution in [-0.2, 0) is 0 Å². The van der Waals surface area contributed by atoms with E-state index in [9.17, 15) is 4.79 Å². The third-order valence-electron chi connectivity index (χ3n) is 3.07. The van der Waals surface area contributed by atoms with Crippen molar-refractivity contribution in [2.45, 2.75) is 6.10 Å². The summed E-state index contributed by atoms with van der Waals surface area (Å²) in [6, 6.07) is 8.68. The number of likely N-dealkylation sites (tertiary alicyclic amines) is 1. The van der Waals surface area contributed by atoms with Gasteiger partial charge in [-0.05, 0) is 24.3 Å². The van der Waals surface area contributed by atoms with Crippen molar-refractivity contribution in [2.24, 2.45) is 0 Å². The van der Waals surface area contributed by atoms with E-state index in [1.165, 1.54) is 11.3 Å². The fourth-order valence-corrected chi connectivity index (χ4v) is 2.51. The summed E-state index contributed by atoms with van der Waals surface area (Å²) >= 11 is 1.44. The minimum atomic E-state index is -0.0338. The maximum Gasteiger partial charge on any atom is 0.273 e. The van der Waals surface area contributed by atoms with Crippen molar-refractivity contribution in [2.75, 3.05) is 13.1 Å². The average Bonchev–Trinajstić information content (AvgIpc) is 2.95. The molecule has 0 bridgehead atoms. The first kappa shape index (κ1) is 12.6. The number of carbonyl (C=O) groups is 1. The zero-order valence-corrected chi connectivity index (χ0v) is 11.3. The lowest BCUT2D eigenvalue weighted by molar-refractivity contribution is 0.0177. The molecule has 1 fully saturated rings. The van der Waals surface area contributed by atoms with Crippen molar-refractivity contribution in [1.29, 1.82) is 5.26 Å².